The van der Waals surface area contributed by atoms with Crippen molar-refractivity contribution in [2.75, 3.05) is 0 Å². The second kappa shape index (κ2) is 4.41. The standard InChI is InChI=1S/C16H26N2/c1-16(2)10-14(17)13-7-9-18(15(13)11-16)8-3-4-12-5-6-12/h7,9,12,14H,3-6,8,10-11,17H2,1-2H3. The van der Waals surface area contributed by atoms with E-state index in [4.69, 9.17) is 5.73 Å². The zero-order valence-corrected chi connectivity index (χ0v) is 11.8. The Morgan fingerprint density at radius 3 is 2.89 bits per heavy atom. The van der Waals surface area contributed by atoms with Gasteiger partial charge in [-0.25, -0.2) is 0 Å². The number of hydrogen-bond donors (Lipinski definition) is 1. The second-order valence-electron chi connectivity index (χ2n) is 7.15. The van der Waals surface area contributed by atoms with Gasteiger partial charge < -0.3 is 10.3 Å². The lowest BCUT2D eigenvalue weighted by molar-refractivity contribution is 0.274. The number of aromatic nitrogens is 1. The molecule has 0 spiro atoms. The smallest absolute Gasteiger partial charge is 0.0318 e. The van der Waals surface area contributed by atoms with E-state index in [0.717, 1.165) is 12.3 Å². The minimum Gasteiger partial charge on any atom is -0.351 e. The van der Waals surface area contributed by atoms with Crippen LogP contribution in [-0.4, -0.2) is 4.57 Å². The molecule has 0 radical (unpaired) electrons. The van der Waals surface area contributed by atoms with Crippen LogP contribution in [0.3, 0.4) is 0 Å². The molecule has 2 heteroatoms. The molecular formula is C16H26N2. The van der Waals surface area contributed by atoms with E-state index in [1.54, 1.807) is 0 Å². The molecule has 0 saturated heterocycles. The molecule has 18 heavy (non-hydrogen) atoms. The van der Waals surface area contributed by atoms with Crippen LogP contribution in [0.25, 0.3) is 0 Å². The van der Waals surface area contributed by atoms with Gasteiger partial charge in [-0.15, -0.1) is 0 Å². The van der Waals surface area contributed by atoms with Crippen molar-refractivity contribution in [3.8, 4) is 0 Å². The Morgan fingerprint density at radius 2 is 2.17 bits per heavy atom. The number of rotatable bonds is 4. The molecule has 2 N–H and O–H groups in total. The molecule has 1 fully saturated rings. The fourth-order valence-corrected chi connectivity index (χ4v) is 3.46. The highest BCUT2D eigenvalue weighted by Gasteiger charge is 2.32. The Hall–Kier alpha value is -0.760. The maximum atomic E-state index is 6.31. The van der Waals surface area contributed by atoms with Crippen molar-refractivity contribution in [3.63, 3.8) is 0 Å². The van der Waals surface area contributed by atoms with Crippen molar-refractivity contribution in [2.45, 2.75) is 65.0 Å². The summed E-state index contributed by atoms with van der Waals surface area (Å²) in [7, 11) is 0. The molecule has 2 aliphatic carbocycles. The summed E-state index contributed by atoms with van der Waals surface area (Å²) in [6.07, 6.45) is 10.3. The average molecular weight is 246 g/mol. The predicted molar refractivity (Wildman–Crippen MR) is 75.4 cm³/mol. The average Bonchev–Trinajstić information content (AvgIpc) is 3.00. The molecule has 0 aliphatic heterocycles. The van der Waals surface area contributed by atoms with E-state index in [2.05, 4.69) is 30.7 Å². The Balaban J connectivity index is 1.71. The van der Waals surface area contributed by atoms with Gasteiger partial charge in [-0.05, 0) is 48.6 Å². The van der Waals surface area contributed by atoms with E-state index < -0.39 is 0 Å². The third-order valence-corrected chi connectivity index (χ3v) is 4.64. The summed E-state index contributed by atoms with van der Waals surface area (Å²) in [5.41, 5.74) is 9.58. The Morgan fingerprint density at radius 1 is 1.39 bits per heavy atom. The quantitative estimate of drug-likeness (QED) is 0.863. The van der Waals surface area contributed by atoms with Crippen LogP contribution in [0.5, 0.6) is 0 Å². The lowest BCUT2D eigenvalue weighted by Crippen LogP contribution is -2.30. The summed E-state index contributed by atoms with van der Waals surface area (Å²) in [6, 6.07) is 2.50. The van der Waals surface area contributed by atoms with Crippen LogP contribution in [0.15, 0.2) is 12.3 Å². The number of hydrogen-bond acceptors (Lipinski definition) is 1. The fourth-order valence-electron chi connectivity index (χ4n) is 3.46. The minimum absolute atomic E-state index is 0.244. The van der Waals surface area contributed by atoms with E-state index in [0.29, 0.717) is 5.41 Å². The van der Waals surface area contributed by atoms with Gasteiger partial charge in [0.25, 0.3) is 0 Å². The van der Waals surface area contributed by atoms with Gasteiger partial charge in [0.1, 0.15) is 0 Å². The van der Waals surface area contributed by atoms with Crippen molar-refractivity contribution in [1.82, 2.24) is 4.57 Å². The Bertz CT molecular complexity index is 426. The molecule has 3 rings (SSSR count). The first-order valence-corrected chi connectivity index (χ1v) is 7.49. The zero-order valence-electron chi connectivity index (χ0n) is 11.8. The molecule has 2 aliphatic rings. The largest absolute Gasteiger partial charge is 0.351 e. The summed E-state index contributed by atoms with van der Waals surface area (Å²) in [5, 5.41) is 0. The SMILES string of the molecule is CC1(C)Cc2c(ccn2CCCC2CC2)C(N)C1. The number of nitrogens with two attached hydrogens (primary N) is 1. The monoisotopic (exact) mass is 246 g/mol. The zero-order chi connectivity index (χ0) is 12.8. The topological polar surface area (TPSA) is 30.9 Å². The molecule has 1 heterocycles. The van der Waals surface area contributed by atoms with Crippen LogP contribution < -0.4 is 5.73 Å². The molecule has 1 aromatic rings. The number of nitrogens with zero attached hydrogens (tertiary/aromatic N) is 1. The van der Waals surface area contributed by atoms with Crippen LogP contribution in [0.1, 0.15) is 63.3 Å². The summed E-state index contributed by atoms with van der Waals surface area (Å²) in [6.45, 7) is 5.88. The lowest BCUT2D eigenvalue weighted by Gasteiger charge is -2.34. The van der Waals surface area contributed by atoms with Gasteiger partial charge in [-0.1, -0.05) is 26.7 Å². The van der Waals surface area contributed by atoms with Crippen molar-refractivity contribution < 1.29 is 0 Å². The first kappa shape index (κ1) is 12.3. The Labute approximate surface area is 111 Å². The predicted octanol–water partition coefficient (Wildman–Crippen LogP) is 3.65. The van der Waals surface area contributed by atoms with Crippen LogP contribution in [0.4, 0.5) is 0 Å². The van der Waals surface area contributed by atoms with Crippen molar-refractivity contribution in [2.24, 2.45) is 17.1 Å². The third kappa shape index (κ3) is 2.49. The molecule has 2 nitrogen and oxygen atoms in total. The van der Waals surface area contributed by atoms with Crippen LogP contribution in [-0.2, 0) is 13.0 Å². The van der Waals surface area contributed by atoms with E-state index >= 15 is 0 Å². The molecule has 0 aromatic carbocycles. The summed E-state index contributed by atoms with van der Waals surface area (Å²) < 4.78 is 2.47. The van der Waals surface area contributed by atoms with Crippen LogP contribution in [0, 0.1) is 11.3 Å². The first-order chi connectivity index (χ1) is 8.55. The van der Waals surface area contributed by atoms with Gasteiger partial charge in [-0.3, -0.25) is 0 Å². The second-order valence-corrected chi connectivity index (χ2v) is 7.15. The van der Waals surface area contributed by atoms with E-state index in [1.165, 1.54) is 49.9 Å². The Kier molecular flexibility index (Phi) is 3.01. The van der Waals surface area contributed by atoms with Crippen molar-refractivity contribution in [1.29, 1.82) is 0 Å². The highest BCUT2D eigenvalue weighted by Crippen LogP contribution is 2.40. The third-order valence-electron chi connectivity index (χ3n) is 4.64. The van der Waals surface area contributed by atoms with Gasteiger partial charge in [0.05, 0.1) is 0 Å². The molecule has 0 amide bonds. The van der Waals surface area contributed by atoms with Gasteiger partial charge in [0, 0.05) is 24.5 Å². The lowest BCUT2D eigenvalue weighted by atomic mass is 9.74. The minimum atomic E-state index is 0.244. The molecular weight excluding hydrogens is 220 g/mol. The number of aryl methyl sites for hydroxylation is 1. The van der Waals surface area contributed by atoms with E-state index in [9.17, 15) is 0 Å². The van der Waals surface area contributed by atoms with Gasteiger partial charge in [0.15, 0.2) is 0 Å². The highest BCUT2D eigenvalue weighted by molar-refractivity contribution is 5.30. The maximum Gasteiger partial charge on any atom is 0.0318 e. The van der Waals surface area contributed by atoms with Crippen LogP contribution >= 0.6 is 0 Å². The van der Waals surface area contributed by atoms with Gasteiger partial charge in [-0.2, -0.15) is 0 Å². The maximum absolute atomic E-state index is 6.31. The van der Waals surface area contributed by atoms with Crippen molar-refractivity contribution in [3.05, 3.63) is 23.5 Å². The van der Waals surface area contributed by atoms with E-state index in [1.807, 2.05) is 0 Å². The van der Waals surface area contributed by atoms with Gasteiger partial charge >= 0.3 is 0 Å². The molecule has 100 valence electrons. The number of fused-ring (bicyclic) bond motifs is 1. The first-order valence-electron chi connectivity index (χ1n) is 7.49. The summed E-state index contributed by atoms with van der Waals surface area (Å²) in [4.78, 5) is 0. The molecule has 0 bridgehead atoms. The fraction of sp³-hybridized carbons (Fsp3) is 0.750. The normalized spacial score (nSPS) is 26.1. The van der Waals surface area contributed by atoms with Crippen molar-refractivity contribution >= 4 is 0 Å². The van der Waals surface area contributed by atoms with E-state index in [-0.39, 0.29) is 6.04 Å². The highest BCUT2D eigenvalue weighted by atomic mass is 15.0. The summed E-state index contributed by atoms with van der Waals surface area (Å²) >= 11 is 0. The van der Waals surface area contributed by atoms with Crippen LogP contribution in [0.2, 0.25) is 0 Å². The van der Waals surface area contributed by atoms with Gasteiger partial charge in [0.2, 0.25) is 0 Å². The molecule has 1 aromatic heterocycles. The summed E-state index contributed by atoms with van der Waals surface area (Å²) in [5.74, 6) is 1.05. The molecule has 1 unspecified atom stereocenters. The molecule has 1 saturated carbocycles. The molecule has 1 atom stereocenters.